The summed E-state index contributed by atoms with van der Waals surface area (Å²) in [6.45, 7) is 0. The van der Waals surface area contributed by atoms with Crippen molar-refractivity contribution in [2.24, 2.45) is 10.7 Å². The molecular formula is C18H16N2S. The van der Waals surface area contributed by atoms with Gasteiger partial charge in [-0.15, -0.1) is 0 Å². The van der Waals surface area contributed by atoms with Gasteiger partial charge >= 0.3 is 0 Å². The van der Waals surface area contributed by atoms with E-state index in [0.717, 1.165) is 18.5 Å². The van der Waals surface area contributed by atoms with Crippen LogP contribution in [-0.4, -0.2) is 5.17 Å². The highest BCUT2D eigenvalue weighted by molar-refractivity contribution is 8.14. The molecule has 2 N–H and O–H groups in total. The molecule has 104 valence electrons. The molecule has 3 heteroatoms. The molecule has 1 unspecified atom stereocenters. The molecule has 0 saturated carbocycles. The van der Waals surface area contributed by atoms with Crippen LogP contribution in [0.5, 0.6) is 0 Å². The van der Waals surface area contributed by atoms with Crippen LogP contribution in [0.2, 0.25) is 0 Å². The third-order valence-electron chi connectivity index (χ3n) is 4.12. The normalized spacial score (nSPS) is 20.6. The molecule has 2 aromatic carbocycles. The van der Waals surface area contributed by atoms with Gasteiger partial charge in [0.15, 0.2) is 5.17 Å². The summed E-state index contributed by atoms with van der Waals surface area (Å²) in [5.41, 5.74) is 12.6. The first-order chi connectivity index (χ1) is 10.3. The predicted octanol–water partition coefficient (Wildman–Crippen LogP) is 4.15. The summed E-state index contributed by atoms with van der Waals surface area (Å²) in [7, 11) is 0. The summed E-state index contributed by atoms with van der Waals surface area (Å²) in [4.78, 5) is 4.66. The Hall–Kier alpha value is -2.00. The van der Waals surface area contributed by atoms with Gasteiger partial charge in [0.1, 0.15) is 0 Å². The van der Waals surface area contributed by atoms with Crippen molar-refractivity contribution in [1.29, 1.82) is 0 Å². The average Bonchev–Trinajstić information content (AvgIpc) is 2.55. The Labute approximate surface area is 128 Å². The Morgan fingerprint density at radius 2 is 1.71 bits per heavy atom. The van der Waals surface area contributed by atoms with Crippen LogP contribution in [0.25, 0.3) is 5.70 Å². The Kier molecular flexibility index (Phi) is 3.08. The second-order valence-corrected chi connectivity index (χ2v) is 6.51. The summed E-state index contributed by atoms with van der Waals surface area (Å²) in [5, 5.41) is 0.964. The molecule has 1 aliphatic carbocycles. The van der Waals surface area contributed by atoms with Crippen molar-refractivity contribution < 1.29 is 0 Å². The van der Waals surface area contributed by atoms with Crippen molar-refractivity contribution >= 4 is 22.6 Å². The molecule has 1 atom stereocenters. The Bertz CT molecular complexity index is 747. The molecule has 4 rings (SSSR count). The lowest BCUT2D eigenvalue weighted by molar-refractivity contribution is 0.865. The smallest absolute Gasteiger partial charge is 0.160 e. The number of amidine groups is 1. The largest absolute Gasteiger partial charge is 0.378 e. The molecule has 0 aromatic heterocycles. The van der Waals surface area contributed by atoms with Gasteiger partial charge in [0, 0.05) is 5.56 Å². The SMILES string of the molecule is NC1=NC2=C(CCc3ccccc32)C(c2ccccc2)S1. The van der Waals surface area contributed by atoms with Gasteiger partial charge in [-0.3, -0.25) is 0 Å². The minimum Gasteiger partial charge on any atom is -0.378 e. The minimum atomic E-state index is 0.298. The second-order valence-electron chi connectivity index (χ2n) is 5.39. The molecule has 0 spiro atoms. The van der Waals surface area contributed by atoms with E-state index in [1.165, 1.54) is 22.3 Å². The number of nitrogens with zero attached hydrogens (tertiary/aromatic N) is 1. The van der Waals surface area contributed by atoms with Gasteiger partial charge in [-0.05, 0) is 29.5 Å². The maximum absolute atomic E-state index is 6.11. The van der Waals surface area contributed by atoms with Gasteiger partial charge in [-0.25, -0.2) is 4.99 Å². The topological polar surface area (TPSA) is 38.4 Å². The fourth-order valence-electron chi connectivity index (χ4n) is 3.14. The monoisotopic (exact) mass is 292 g/mol. The van der Waals surface area contributed by atoms with Crippen molar-refractivity contribution in [2.75, 3.05) is 0 Å². The Morgan fingerprint density at radius 1 is 0.952 bits per heavy atom. The van der Waals surface area contributed by atoms with E-state index in [4.69, 9.17) is 5.73 Å². The molecule has 2 aromatic rings. The van der Waals surface area contributed by atoms with E-state index in [0.29, 0.717) is 10.4 Å². The first-order valence-electron chi connectivity index (χ1n) is 7.20. The molecule has 0 amide bonds. The zero-order valence-electron chi connectivity index (χ0n) is 11.6. The second kappa shape index (κ2) is 5.08. The van der Waals surface area contributed by atoms with Gasteiger partial charge in [0.05, 0.1) is 10.9 Å². The molecule has 2 nitrogen and oxygen atoms in total. The van der Waals surface area contributed by atoms with Crippen LogP contribution in [-0.2, 0) is 6.42 Å². The van der Waals surface area contributed by atoms with E-state index in [9.17, 15) is 0 Å². The first-order valence-corrected chi connectivity index (χ1v) is 8.08. The zero-order chi connectivity index (χ0) is 14.2. The number of rotatable bonds is 1. The van der Waals surface area contributed by atoms with Crippen molar-refractivity contribution in [2.45, 2.75) is 18.1 Å². The molecule has 0 fully saturated rings. The van der Waals surface area contributed by atoms with Crippen LogP contribution < -0.4 is 5.73 Å². The fraction of sp³-hybridized carbons (Fsp3) is 0.167. The molecule has 0 saturated heterocycles. The van der Waals surface area contributed by atoms with Crippen molar-refractivity contribution in [3.63, 3.8) is 0 Å². The Morgan fingerprint density at radius 3 is 2.57 bits per heavy atom. The van der Waals surface area contributed by atoms with E-state index in [1.54, 1.807) is 11.8 Å². The van der Waals surface area contributed by atoms with Crippen LogP contribution in [0.4, 0.5) is 0 Å². The third-order valence-corrected chi connectivity index (χ3v) is 5.24. The summed E-state index contributed by atoms with van der Waals surface area (Å²) in [6.07, 6.45) is 2.16. The maximum atomic E-state index is 6.11. The van der Waals surface area contributed by atoms with Crippen LogP contribution in [0.3, 0.4) is 0 Å². The molecule has 2 aliphatic rings. The van der Waals surface area contributed by atoms with Crippen LogP contribution >= 0.6 is 11.8 Å². The molecule has 1 heterocycles. The minimum absolute atomic E-state index is 0.298. The summed E-state index contributed by atoms with van der Waals surface area (Å²) in [6, 6.07) is 19.2. The van der Waals surface area contributed by atoms with E-state index in [-0.39, 0.29) is 0 Å². The van der Waals surface area contributed by atoms with Gasteiger partial charge in [-0.1, -0.05) is 66.4 Å². The maximum Gasteiger partial charge on any atom is 0.160 e. The summed E-state index contributed by atoms with van der Waals surface area (Å²) < 4.78 is 0. The standard InChI is InChI=1S/C18H16N2S/c19-18-20-16-14-9-5-4-6-12(14)10-11-15(16)17(21-18)13-7-2-1-3-8-13/h1-9,17H,10-11H2,(H2,19,20). The lowest BCUT2D eigenvalue weighted by atomic mass is 9.86. The lowest BCUT2D eigenvalue weighted by Gasteiger charge is -2.30. The number of nitrogens with two attached hydrogens (primary N) is 1. The number of aryl methyl sites for hydroxylation is 1. The quantitative estimate of drug-likeness (QED) is 0.857. The number of thioether (sulfide) groups is 1. The zero-order valence-corrected chi connectivity index (χ0v) is 12.4. The summed E-state index contributed by atoms with van der Waals surface area (Å²) in [5.74, 6) is 0. The lowest BCUT2D eigenvalue weighted by Crippen LogP contribution is -2.19. The van der Waals surface area contributed by atoms with Crippen LogP contribution in [0.1, 0.15) is 28.4 Å². The van der Waals surface area contributed by atoms with E-state index in [2.05, 4.69) is 59.6 Å². The summed E-state index contributed by atoms with van der Waals surface area (Å²) >= 11 is 1.67. The van der Waals surface area contributed by atoms with E-state index in [1.807, 2.05) is 0 Å². The number of fused-ring (bicyclic) bond motifs is 2. The van der Waals surface area contributed by atoms with Crippen molar-refractivity contribution in [1.82, 2.24) is 0 Å². The van der Waals surface area contributed by atoms with Crippen LogP contribution in [0, 0.1) is 0 Å². The highest BCUT2D eigenvalue weighted by atomic mass is 32.2. The van der Waals surface area contributed by atoms with E-state index >= 15 is 0 Å². The van der Waals surface area contributed by atoms with Gasteiger partial charge < -0.3 is 5.73 Å². The molecule has 0 radical (unpaired) electrons. The average molecular weight is 292 g/mol. The highest BCUT2D eigenvalue weighted by Gasteiger charge is 2.30. The number of benzene rings is 2. The van der Waals surface area contributed by atoms with Gasteiger partial charge in [-0.2, -0.15) is 0 Å². The molecule has 0 bridgehead atoms. The number of hydrogen-bond donors (Lipinski definition) is 1. The number of hydrogen-bond acceptors (Lipinski definition) is 3. The van der Waals surface area contributed by atoms with Crippen LogP contribution in [0.15, 0.2) is 65.2 Å². The Balaban J connectivity index is 1.88. The van der Waals surface area contributed by atoms with Crippen molar-refractivity contribution in [3.05, 3.63) is 76.9 Å². The predicted molar refractivity (Wildman–Crippen MR) is 90.1 cm³/mol. The molecular weight excluding hydrogens is 276 g/mol. The number of aliphatic imine (C=N–C) groups is 1. The third kappa shape index (κ3) is 2.18. The molecule has 21 heavy (non-hydrogen) atoms. The fourth-order valence-corrected chi connectivity index (χ4v) is 4.19. The highest BCUT2D eigenvalue weighted by Crippen LogP contribution is 2.47. The van der Waals surface area contributed by atoms with E-state index < -0.39 is 0 Å². The first kappa shape index (κ1) is 12.7. The van der Waals surface area contributed by atoms with Crippen molar-refractivity contribution in [3.8, 4) is 0 Å². The van der Waals surface area contributed by atoms with Gasteiger partial charge in [0.25, 0.3) is 0 Å². The molecule has 1 aliphatic heterocycles. The van der Waals surface area contributed by atoms with Gasteiger partial charge in [0.2, 0.25) is 0 Å².